The summed E-state index contributed by atoms with van der Waals surface area (Å²) in [5.74, 6) is -2.05. The van der Waals surface area contributed by atoms with Crippen molar-refractivity contribution in [2.24, 2.45) is 0 Å². The Balaban J connectivity index is 3.14. The second kappa shape index (κ2) is 7.47. The van der Waals surface area contributed by atoms with Gasteiger partial charge in [-0.1, -0.05) is 0 Å². The molecule has 0 N–H and O–H groups in total. The van der Waals surface area contributed by atoms with Gasteiger partial charge in [0.15, 0.2) is 0 Å². The second-order valence-corrected chi connectivity index (χ2v) is 7.01. The van der Waals surface area contributed by atoms with Crippen LogP contribution in [-0.2, 0) is 21.0 Å². The minimum absolute atomic E-state index is 0.225. The van der Waals surface area contributed by atoms with Crippen LogP contribution < -0.4 is 0 Å². The molecule has 0 unspecified atom stereocenters. The fourth-order valence-electron chi connectivity index (χ4n) is 2.01. The molecule has 0 fully saturated rings. The van der Waals surface area contributed by atoms with Gasteiger partial charge < -0.3 is 4.90 Å². The molecule has 0 saturated heterocycles. The molecular formula is C14H18F4N2O3S. The van der Waals surface area contributed by atoms with Gasteiger partial charge in [-0.05, 0) is 32.0 Å². The van der Waals surface area contributed by atoms with E-state index in [0.29, 0.717) is 23.5 Å². The van der Waals surface area contributed by atoms with E-state index in [9.17, 15) is 30.8 Å². The zero-order valence-electron chi connectivity index (χ0n) is 13.4. The maximum Gasteiger partial charge on any atom is 0.419 e. The lowest BCUT2D eigenvalue weighted by Crippen LogP contribution is -2.41. The number of sulfonamides is 1. The molecule has 0 heterocycles. The van der Waals surface area contributed by atoms with Crippen LogP contribution >= 0.6 is 0 Å². The molecule has 0 aliphatic heterocycles. The molecule has 0 aliphatic carbocycles. The zero-order chi connectivity index (χ0) is 18.7. The van der Waals surface area contributed by atoms with Gasteiger partial charge >= 0.3 is 6.18 Å². The predicted molar refractivity (Wildman–Crippen MR) is 79.1 cm³/mol. The highest BCUT2D eigenvalue weighted by Crippen LogP contribution is 2.33. The van der Waals surface area contributed by atoms with Crippen molar-refractivity contribution in [3.05, 3.63) is 29.6 Å². The number of rotatable bonds is 6. The van der Waals surface area contributed by atoms with Gasteiger partial charge in [0.1, 0.15) is 5.82 Å². The molecule has 1 aromatic rings. The van der Waals surface area contributed by atoms with E-state index in [1.165, 1.54) is 4.90 Å². The first-order valence-corrected chi connectivity index (χ1v) is 8.50. The first-order chi connectivity index (χ1) is 10.9. The lowest BCUT2D eigenvalue weighted by atomic mass is 10.2. The smallest absolute Gasteiger partial charge is 0.342 e. The van der Waals surface area contributed by atoms with Crippen molar-refractivity contribution in [2.45, 2.75) is 24.9 Å². The number of carbonyl (C=O) groups is 1. The van der Waals surface area contributed by atoms with Crippen molar-refractivity contribution < 1.29 is 30.8 Å². The van der Waals surface area contributed by atoms with E-state index in [1.807, 2.05) is 0 Å². The highest BCUT2D eigenvalue weighted by atomic mass is 32.2. The maximum atomic E-state index is 13.3. The third kappa shape index (κ3) is 4.44. The fraction of sp³-hybridized carbons (Fsp3) is 0.500. The maximum absolute atomic E-state index is 13.3. The summed E-state index contributed by atoms with van der Waals surface area (Å²) in [6, 6.07) is 1.40. The van der Waals surface area contributed by atoms with Crippen LogP contribution in [0.1, 0.15) is 19.4 Å². The molecule has 10 heteroatoms. The number of hydrogen-bond donors (Lipinski definition) is 0. The Kier molecular flexibility index (Phi) is 6.34. The summed E-state index contributed by atoms with van der Waals surface area (Å²) >= 11 is 0. The Hall–Kier alpha value is -1.68. The summed E-state index contributed by atoms with van der Waals surface area (Å²) in [7, 11) is -3.29. The van der Waals surface area contributed by atoms with E-state index in [2.05, 4.69) is 0 Å². The molecule has 0 radical (unpaired) electrons. The summed E-state index contributed by atoms with van der Waals surface area (Å²) in [6.45, 7) is 3.65. The first-order valence-electron chi connectivity index (χ1n) is 7.06. The quantitative estimate of drug-likeness (QED) is 0.723. The molecule has 0 atom stereocenters. The summed E-state index contributed by atoms with van der Waals surface area (Å²) in [5.41, 5.74) is -1.67. The van der Waals surface area contributed by atoms with E-state index >= 15 is 0 Å². The van der Waals surface area contributed by atoms with Crippen molar-refractivity contribution in [3.8, 4) is 0 Å². The summed E-state index contributed by atoms with van der Waals surface area (Å²) < 4.78 is 76.7. The molecule has 1 rings (SSSR count). The molecule has 0 aromatic heterocycles. The van der Waals surface area contributed by atoms with Crippen LogP contribution in [0.4, 0.5) is 17.6 Å². The van der Waals surface area contributed by atoms with Crippen LogP contribution in [0.15, 0.2) is 23.1 Å². The number of carbonyl (C=O) groups excluding carboxylic acids is 1. The average Bonchev–Trinajstić information content (AvgIpc) is 2.47. The van der Waals surface area contributed by atoms with Crippen LogP contribution in [0, 0.1) is 5.82 Å². The normalized spacial score (nSPS) is 12.5. The van der Waals surface area contributed by atoms with E-state index in [-0.39, 0.29) is 6.07 Å². The van der Waals surface area contributed by atoms with Gasteiger partial charge in [-0.25, -0.2) is 12.8 Å². The van der Waals surface area contributed by atoms with Crippen molar-refractivity contribution in [1.29, 1.82) is 0 Å². The zero-order valence-corrected chi connectivity index (χ0v) is 14.2. The number of alkyl halides is 3. The SMILES string of the molecule is CCN(CC)C(=O)CN(C)S(=O)(=O)c1ccc(F)c(C(F)(F)F)c1. The Bertz CT molecular complexity index is 700. The van der Waals surface area contributed by atoms with E-state index in [4.69, 9.17) is 0 Å². The Labute approximate surface area is 137 Å². The van der Waals surface area contributed by atoms with Crippen molar-refractivity contribution in [2.75, 3.05) is 26.7 Å². The van der Waals surface area contributed by atoms with Crippen molar-refractivity contribution in [1.82, 2.24) is 9.21 Å². The van der Waals surface area contributed by atoms with Crippen LogP contribution in [0.3, 0.4) is 0 Å². The summed E-state index contributed by atoms with van der Waals surface area (Å²) in [4.78, 5) is 12.6. The van der Waals surface area contributed by atoms with Crippen molar-refractivity contribution in [3.63, 3.8) is 0 Å². The Morgan fingerprint density at radius 2 is 1.71 bits per heavy atom. The predicted octanol–water partition coefficient (Wildman–Crippen LogP) is 2.33. The molecule has 0 bridgehead atoms. The van der Waals surface area contributed by atoms with Gasteiger partial charge in [0.25, 0.3) is 0 Å². The molecule has 1 aromatic carbocycles. The molecular weight excluding hydrogens is 352 g/mol. The standard InChI is InChI=1S/C14H18F4N2O3S/c1-4-20(5-2)13(21)9-19(3)24(22,23)10-6-7-12(15)11(8-10)14(16,17)18/h6-8H,4-5,9H2,1-3H3. The van der Waals surface area contributed by atoms with Crippen molar-refractivity contribution >= 4 is 15.9 Å². The van der Waals surface area contributed by atoms with Crippen LogP contribution in [-0.4, -0.2) is 50.2 Å². The second-order valence-electron chi connectivity index (χ2n) is 4.97. The first kappa shape index (κ1) is 20.4. The molecule has 1 amide bonds. The Morgan fingerprint density at radius 3 is 2.17 bits per heavy atom. The van der Waals surface area contributed by atoms with Crippen LogP contribution in [0.5, 0.6) is 0 Å². The van der Waals surface area contributed by atoms with E-state index in [0.717, 1.165) is 13.1 Å². The molecule has 0 saturated carbocycles. The molecule has 24 heavy (non-hydrogen) atoms. The van der Waals surface area contributed by atoms with Gasteiger partial charge in [0.05, 0.1) is 17.0 Å². The number of halogens is 4. The lowest BCUT2D eigenvalue weighted by molar-refractivity contribution is -0.140. The van der Waals surface area contributed by atoms with E-state index in [1.54, 1.807) is 13.8 Å². The van der Waals surface area contributed by atoms with Gasteiger partial charge in [-0.15, -0.1) is 0 Å². The monoisotopic (exact) mass is 370 g/mol. The third-order valence-corrected chi connectivity index (χ3v) is 5.22. The molecule has 0 spiro atoms. The number of benzene rings is 1. The number of likely N-dealkylation sites (N-methyl/N-ethyl adjacent to an activating group) is 2. The van der Waals surface area contributed by atoms with Gasteiger partial charge in [-0.2, -0.15) is 17.5 Å². The average molecular weight is 370 g/mol. The molecule has 0 aliphatic rings. The minimum atomic E-state index is -5.02. The van der Waals surface area contributed by atoms with Crippen LogP contribution in [0.2, 0.25) is 0 Å². The van der Waals surface area contributed by atoms with E-state index < -0.39 is 44.9 Å². The summed E-state index contributed by atoms with van der Waals surface area (Å²) in [6.07, 6.45) is -5.02. The minimum Gasteiger partial charge on any atom is -0.342 e. The highest BCUT2D eigenvalue weighted by molar-refractivity contribution is 7.89. The summed E-state index contributed by atoms with van der Waals surface area (Å²) in [5, 5.41) is 0. The van der Waals surface area contributed by atoms with Gasteiger partial charge in [0, 0.05) is 20.1 Å². The van der Waals surface area contributed by atoms with Crippen LogP contribution in [0.25, 0.3) is 0 Å². The molecule has 5 nitrogen and oxygen atoms in total. The largest absolute Gasteiger partial charge is 0.419 e. The highest BCUT2D eigenvalue weighted by Gasteiger charge is 2.36. The number of hydrogen-bond acceptors (Lipinski definition) is 3. The third-order valence-electron chi connectivity index (χ3n) is 3.43. The number of amides is 1. The topological polar surface area (TPSA) is 57.7 Å². The fourth-order valence-corrected chi connectivity index (χ4v) is 3.16. The number of nitrogens with zero attached hydrogens (tertiary/aromatic N) is 2. The van der Waals surface area contributed by atoms with Gasteiger partial charge in [0.2, 0.25) is 15.9 Å². The lowest BCUT2D eigenvalue weighted by Gasteiger charge is -2.23. The Morgan fingerprint density at radius 1 is 1.17 bits per heavy atom. The van der Waals surface area contributed by atoms with Gasteiger partial charge in [-0.3, -0.25) is 4.79 Å². The molecule has 136 valence electrons.